The number of Topliss-reactive ketones (excluding diaryl/α,β-unsaturated/α-hetero) is 1. The number of pyridine rings is 1. The molecule has 2 heterocycles. The Hall–Kier alpha value is -2.79. The van der Waals surface area contributed by atoms with Crippen molar-refractivity contribution in [1.82, 2.24) is 14.8 Å². The summed E-state index contributed by atoms with van der Waals surface area (Å²) in [4.78, 5) is 16.6. The van der Waals surface area contributed by atoms with Crippen molar-refractivity contribution in [3.8, 4) is 11.3 Å². The van der Waals surface area contributed by atoms with Gasteiger partial charge in [-0.25, -0.2) is 0 Å². The van der Waals surface area contributed by atoms with E-state index in [0.29, 0.717) is 19.4 Å². The number of ketones is 1. The molecule has 0 spiro atoms. The number of nitrogens with two attached hydrogens (primary N) is 1. The first-order valence-corrected chi connectivity index (χ1v) is 8.46. The second kappa shape index (κ2) is 7.85. The molecule has 25 heavy (non-hydrogen) atoms. The largest absolute Gasteiger partial charge is 0.321 e. The number of hydrogen-bond donors (Lipinski definition) is 1. The molecule has 0 radical (unpaired) electrons. The van der Waals surface area contributed by atoms with Crippen LogP contribution in [0.3, 0.4) is 0 Å². The second-order valence-corrected chi connectivity index (χ2v) is 6.01. The Balaban J connectivity index is 1.73. The summed E-state index contributed by atoms with van der Waals surface area (Å²) in [5.74, 6) is 0.0275. The van der Waals surface area contributed by atoms with Gasteiger partial charge in [0.2, 0.25) is 0 Å². The number of aromatic nitrogens is 3. The Morgan fingerprint density at radius 3 is 2.56 bits per heavy atom. The zero-order chi connectivity index (χ0) is 17.6. The molecule has 0 saturated heterocycles. The van der Waals surface area contributed by atoms with Gasteiger partial charge >= 0.3 is 0 Å². The van der Waals surface area contributed by atoms with Gasteiger partial charge in [0, 0.05) is 30.2 Å². The van der Waals surface area contributed by atoms with Crippen LogP contribution in [0.4, 0.5) is 0 Å². The molecule has 0 amide bonds. The lowest BCUT2D eigenvalue weighted by atomic mass is 10.0. The Kier molecular flexibility index (Phi) is 5.36. The van der Waals surface area contributed by atoms with E-state index in [9.17, 15) is 4.79 Å². The molecule has 0 aliphatic heterocycles. The third kappa shape index (κ3) is 4.19. The minimum absolute atomic E-state index is 0.0275. The first-order valence-electron chi connectivity index (χ1n) is 8.46. The van der Waals surface area contributed by atoms with E-state index in [0.717, 1.165) is 22.5 Å². The topological polar surface area (TPSA) is 73.8 Å². The van der Waals surface area contributed by atoms with Crippen LogP contribution in [0.2, 0.25) is 0 Å². The Morgan fingerprint density at radius 2 is 1.88 bits per heavy atom. The molecule has 0 unspecified atom stereocenters. The van der Waals surface area contributed by atoms with E-state index in [1.165, 1.54) is 0 Å². The predicted octanol–water partition coefficient (Wildman–Crippen LogP) is 2.65. The lowest BCUT2D eigenvalue weighted by Crippen LogP contribution is -2.34. The molecular formula is C20H22N4O. The summed E-state index contributed by atoms with van der Waals surface area (Å²) in [7, 11) is 0. The van der Waals surface area contributed by atoms with Crippen LogP contribution < -0.4 is 5.73 Å². The van der Waals surface area contributed by atoms with Gasteiger partial charge in [-0.1, -0.05) is 30.3 Å². The van der Waals surface area contributed by atoms with Gasteiger partial charge in [-0.15, -0.1) is 0 Å². The fourth-order valence-corrected chi connectivity index (χ4v) is 2.83. The molecule has 2 aromatic heterocycles. The molecular weight excluding hydrogens is 312 g/mol. The van der Waals surface area contributed by atoms with Gasteiger partial charge in [-0.2, -0.15) is 5.10 Å². The van der Waals surface area contributed by atoms with Gasteiger partial charge in [0.25, 0.3) is 0 Å². The minimum atomic E-state index is -0.507. The van der Waals surface area contributed by atoms with Crippen molar-refractivity contribution in [3.63, 3.8) is 0 Å². The molecule has 3 aromatic rings. The zero-order valence-electron chi connectivity index (χ0n) is 14.3. The summed E-state index contributed by atoms with van der Waals surface area (Å²) in [6, 6.07) is 15.1. The third-order valence-corrected chi connectivity index (χ3v) is 4.21. The molecule has 3 rings (SSSR count). The first-order chi connectivity index (χ1) is 12.2. The van der Waals surface area contributed by atoms with Gasteiger partial charge < -0.3 is 5.73 Å². The van der Waals surface area contributed by atoms with Gasteiger partial charge in [0.15, 0.2) is 5.78 Å². The average molecular weight is 334 g/mol. The van der Waals surface area contributed by atoms with Gasteiger partial charge in [-0.05, 0) is 37.1 Å². The van der Waals surface area contributed by atoms with Crippen molar-refractivity contribution in [2.45, 2.75) is 32.4 Å². The Bertz CT molecular complexity index is 827. The second-order valence-electron chi connectivity index (χ2n) is 6.01. The van der Waals surface area contributed by atoms with Crippen LogP contribution in [-0.2, 0) is 24.2 Å². The normalized spacial score (nSPS) is 12.1. The van der Waals surface area contributed by atoms with E-state index in [1.54, 1.807) is 12.4 Å². The number of rotatable bonds is 7. The maximum atomic E-state index is 12.6. The maximum Gasteiger partial charge on any atom is 0.155 e. The number of nitrogens with zero attached hydrogens (tertiary/aromatic N) is 3. The molecule has 1 aromatic carbocycles. The fourth-order valence-electron chi connectivity index (χ4n) is 2.83. The highest BCUT2D eigenvalue weighted by Gasteiger charge is 2.18. The Morgan fingerprint density at radius 1 is 1.16 bits per heavy atom. The molecule has 5 nitrogen and oxygen atoms in total. The van der Waals surface area contributed by atoms with Crippen LogP contribution in [0, 0.1) is 0 Å². The SMILES string of the molecule is CCn1nc(-c2ccncc2)cc1CC(=O)[C@@H](N)Cc1ccccc1. The number of benzene rings is 1. The summed E-state index contributed by atoms with van der Waals surface area (Å²) in [6.45, 7) is 2.73. The van der Waals surface area contributed by atoms with Crippen LogP contribution >= 0.6 is 0 Å². The molecule has 0 aliphatic carbocycles. The van der Waals surface area contributed by atoms with Gasteiger partial charge in [0.1, 0.15) is 0 Å². The number of aryl methyl sites for hydroxylation is 1. The molecule has 0 aliphatic rings. The highest BCUT2D eigenvalue weighted by Crippen LogP contribution is 2.19. The molecule has 0 fully saturated rings. The average Bonchev–Trinajstić information content (AvgIpc) is 3.06. The lowest BCUT2D eigenvalue weighted by molar-refractivity contribution is -0.119. The van der Waals surface area contributed by atoms with Crippen molar-refractivity contribution in [2.24, 2.45) is 5.73 Å². The first kappa shape index (κ1) is 17.0. The number of carbonyl (C=O) groups is 1. The smallest absolute Gasteiger partial charge is 0.155 e. The summed E-state index contributed by atoms with van der Waals surface area (Å²) in [5.41, 5.74) is 9.93. The van der Waals surface area contributed by atoms with Crippen molar-refractivity contribution < 1.29 is 4.79 Å². The highest BCUT2D eigenvalue weighted by molar-refractivity contribution is 5.86. The van der Waals surface area contributed by atoms with E-state index in [4.69, 9.17) is 5.73 Å². The van der Waals surface area contributed by atoms with Crippen molar-refractivity contribution >= 4 is 5.78 Å². The van der Waals surface area contributed by atoms with E-state index in [-0.39, 0.29) is 5.78 Å². The zero-order valence-corrected chi connectivity index (χ0v) is 14.3. The van der Waals surface area contributed by atoms with Crippen molar-refractivity contribution in [2.75, 3.05) is 0 Å². The van der Waals surface area contributed by atoms with Crippen molar-refractivity contribution in [1.29, 1.82) is 0 Å². The predicted molar refractivity (Wildman–Crippen MR) is 98.0 cm³/mol. The van der Waals surface area contributed by atoms with Crippen molar-refractivity contribution in [3.05, 3.63) is 72.2 Å². The summed E-state index contributed by atoms with van der Waals surface area (Å²) in [5, 5.41) is 4.59. The van der Waals surface area contributed by atoms with Crippen LogP contribution in [0.5, 0.6) is 0 Å². The van der Waals surface area contributed by atoms with Crippen LogP contribution in [0.25, 0.3) is 11.3 Å². The summed E-state index contributed by atoms with van der Waals surface area (Å²) in [6.07, 6.45) is 4.32. The third-order valence-electron chi connectivity index (χ3n) is 4.21. The van der Waals surface area contributed by atoms with Crippen LogP contribution in [-0.4, -0.2) is 26.6 Å². The molecule has 0 bridgehead atoms. The standard InChI is InChI=1S/C20H22N4O/c1-2-24-17(13-19(23-24)16-8-10-22-11-9-16)14-20(25)18(21)12-15-6-4-3-5-7-15/h3-11,13,18H,2,12,14,21H2,1H3/t18-/m0/s1. The number of carbonyl (C=O) groups excluding carboxylic acids is 1. The molecule has 0 saturated carbocycles. The molecule has 128 valence electrons. The van der Waals surface area contributed by atoms with E-state index >= 15 is 0 Å². The summed E-state index contributed by atoms with van der Waals surface area (Å²) >= 11 is 0. The summed E-state index contributed by atoms with van der Waals surface area (Å²) < 4.78 is 1.86. The molecule has 2 N–H and O–H groups in total. The highest BCUT2D eigenvalue weighted by atomic mass is 16.1. The van der Waals surface area contributed by atoms with Crippen LogP contribution in [0.1, 0.15) is 18.2 Å². The number of hydrogen-bond acceptors (Lipinski definition) is 4. The van der Waals surface area contributed by atoms with Crippen LogP contribution in [0.15, 0.2) is 60.9 Å². The van der Waals surface area contributed by atoms with E-state index in [2.05, 4.69) is 10.1 Å². The fraction of sp³-hybridized carbons (Fsp3) is 0.250. The van der Waals surface area contributed by atoms with Gasteiger partial charge in [-0.3, -0.25) is 14.5 Å². The van der Waals surface area contributed by atoms with E-state index < -0.39 is 6.04 Å². The molecule has 5 heteroatoms. The lowest BCUT2D eigenvalue weighted by Gasteiger charge is -2.11. The quantitative estimate of drug-likeness (QED) is 0.721. The minimum Gasteiger partial charge on any atom is -0.321 e. The monoisotopic (exact) mass is 334 g/mol. The molecule has 1 atom stereocenters. The Labute approximate surface area is 147 Å². The maximum absolute atomic E-state index is 12.6. The van der Waals surface area contributed by atoms with Gasteiger partial charge in [0.05, 0.1) is 18.2 Å². The van der Waals surface area contributed by atoms with E-state index in [1.807, 2.05) is 60.1 Å².